The summed E-state index contributed by atoms with van der Waals surface area (Å²) in [6, 6.07) is -1.31. The minimum atomic E-state index is -1.23. The van der Waals surface area contributed by atoms with Crippen LogP contribution in [0, 0.1) is 0 Å². The standard InChI is InChI=1S/C10H20N2O3S2/c1-16-5-3-7(11)9(13)12-8(10(14)15)4-6-17-2/h7-8H,3-6,11H2,1-2H3,(H,12,13)(H,14,15)/t7-,8-/m1/s1. The van der Waals surface area contributed by atoms with E-state index in [0.29, 0.717) is 18.6 Å². The van der Waals surface area contributed by atoms with Crippen LogP contribution in [0.1, 0.15) is 12.8 Å². The first kappa shape index (κ1) is 16.6. The van der Waals surface area contributed by atoms with Crippen LogP contribution in [0.4, 0.5) is 0 Å². The van der Waals surface area contributed by atoms with Crippen LogP contribution in [0.5, 0.6) is 0 Å². The van der Waals surface area contributed by atoms with Crippen molar-refractivity contribution in [2.75, 3.05) is 24.0 Å². The van der Waals surface area contributed by atoms with Gasteiger partial charge < -0.3 is 21.0 Å². The number of hydrogen-bond donors (Lipinski definition) is 2. The molecule has 0 spiro atoms. The predicted octanol–water partition coefficient (Wildman–Crippen LogP) is -1.66. The quantitative estimate of drug-likeness (QED) is 0.527. The van der Waals surface area contributed by atoms with Crippen molar-refractivity contribution in [1.82, 2.24) is 5.32 Å². The van der Waals surface area contributed by atoms with E-state index in [1.807, 2.05) is 12.5 Å². The van der Waals surface area contributed by atoms with Gasteiger partial charge in [-0.15, -0.1) is 0 Å². The molecule has 1 amide bonds. The molecule has 2 atom stereocenters. The molecule has 0 radical (unpaired) electrons. The number of carboxylic acids is 1. The Bertz CT molecular complexity index is 252. The van der Waals surface area contributed by atoms with E-state index in [9.17, 15) is 14.7 Å². The van der Waals surface area contributed by atoms with E-state index in [0.717, 1.165) is 5.75 Å². The molecule has 0 heterocycles. The molecular formula is C10H20N2O3S2. The van der Waals surface area contributed by atoms with Gasteiger partial charge in [0, 0.05) is 6.42 Å². The fraction of sp³-hybridized carbons (Fsp3) is 0.800. The maximum atomic E-state index is 11.6. The molecule has 0 rings (SSSR count). The number of quaternary nitrogens is 1. The van der Waals surface area contributed by atoms with Crippen molar-refractivity contribution in [3.8, 4) is 0 Å². The van der Waals surface area contributed by atoms with Gasteiger partial charge >= 0.3 is 0 Å². The highest BCUT2D eigenvalue weighted by Gasteiger charge is 2.20. The lowest BCUT2D eigenvalue weighted by molar-refractivity contribution is -0.404. The fourth-order valence-corrected chi connectivity index (χ4v) is 2.16. The third-order valence-corrected chi connectivity index (χ3v) is 3.54. The molecule has 0 aromatic heterocycles. The van der Waals surface area contributed by atoms with Crippen molar-refractivity contribution in [2.24, 2.45) is 0 Å². The monoisotopic (exact) mass is 280 g/mol. The molecule has 100 valence electrons. The SMILES string of the molecule is CSCC[C@@H]([NH3+])C(=O)N[C@H](CCSC)C(=O)[O-]. The van der Waals surface area contributed by atoms with Gasteiger partial charge in [0.1, 0.15) is 0 Å². The van der Waals surface area contributed by atoms with E-state index in [-0.39, 0.29) is 5.91 Å². The molecule has 17 heavy (non-hydrogen) atoms. The second-order valence-corrected chi connectivity index (χ2v) is 5.61. The molecule has 0 aliphatic rings. The van der Waals surface area contributed by atoms with E-state index >= 15 is 0 Å². The molecule has 0 unspecified atom stereocenters. The smallest absolute Gasteiger partial charge is 0.278 e. The number of aliphatic carboxylic acids is 1. The lowest BCUT2D eigenvalue weighted by Crippen LogP contribution is -2.69. The fourth-order valence-electron chi connectivity index (χ4n) is 1.17. The van der Waals surface area contributed by atoms with Crippen LogP contribution >= 0.6 is 23.5 Å². The molecule has 0 aliphatic carbocycles. The van der Waals surface area contributed by atoms with E-state index in [2.05, 4.69) is 11.1 Å². The van der Waals surface area contributed by atoms with Crippen LogP contribution in [0.15, 0.2) is 0 Å². The van der Waals surface area contributed by atoms with Crippen molar-refractivity contribution >= 4 is 35.4 Å². The van der Waals surface area contributed by atoms with E-state index in [1.165, 1.54) is 11.8 Å². The summed E-state index contributed by atoms with van der Waals surface area (Å²) >= 11 is 3.17. The van der Waals surface area contributed by atoms with Crippen LogP contribution < -0.4 is 16.2 Å². The van der Waals surface area contributed by atoms with Gasteiger partial charge in [-0.25, -0.2) is 0 Å². The molecule has 0 aromatic rings. The number of rotatable bonds is 9. The van der Waals surface area contributed by atoms with Gasteiger partial charge in [-0.1, -0.05) is 0 Å². The third-order valence-electron chi connectivity index (χ3n) is 2.25. The Morgan fingerprint density at radius 1 is 1.24 bits per heavy atom. The molecule has 4 N–H and O–H groups in total. The Labute approximate surface area is 110 Å². The number of carbonyl (C=O) groups is 2. The number of thioether (sulfide) groups is 2. The maximum absolute atomic E-state index is 11.6. The molecule has 0 fully saturated rings. The topological polar surface area (TPSA) is 96.9 Å². The molecule has 0 aromatic carbocycles. The van der Waals surface area contributed by atoms with E-state index < -0.39 is 18.1 Å². The van der Waals surface area contributed by atoms with Crippen LogP contribution in [0.25, 0.3) is 0 Å². The van der Waals surface area contributed by atoms with Gasteiger partial charge in [0.05, 0.1) is 12.0 Å². The number of amides is 1. The largest absolute Gasteiger partial charge is 0.548 e. The normalized spacial score (nSPS) is 14.1. The Balaban J connectivity index is 4.15. The molecular weight excluding hydrogens is 260 g/mol. The Hall–Kier alpha value is -0.400. The zero-order valence-corrected chi connectivity index (χ0v) is 11.9. The highest BCUT2D eigenvalue weighted by atomic mass is 32.2. The van der Waals surface area contributed by atoms with E-state index in [4.69, 9.17) is 0 Å². The Kier molecular flexibility index (Phi) is 9.39. The molecule has 0 saturated carbocycles. The summed E-state index contributed by atoms with van der Waals surface area (Å²) in [5.74, 6) is -0.0349. The zero-order chi connectivity index (χ0) is 13.3. The molecule has 0 aliphatic heterocycles. The number of hydrogen-bond acceptors (Lipinski definition) is 5. The minimum Gasteiger partial charge on any atom is -0.548 e. The number of nitrogens with one attached hydrogen (secondary N) is 1. The number of carboxylic acid groups (broad SMARTS) is 1. The summed E-state index contributed by atoms with van der Waals surface area (Å²) in [5.41, 5.74) is 3.72. The summed E-state index contributed by atoms with van der Waals surface area (Å²) in [5, 5.41) is 13.3. The first-order valence-electron chi connectivity index (χ1n) is 5.35. The van der Waals surface area contributed by atoms with Gasteiger partial charge in [0.15, 0.2) is 6.04 Å². The zero-order valence-electron chi connectivity index (χ0n) is 10.2. The maximum Gasteiger partial charge on any atom is 0.278 e. The summed E-state index contributed by atoms with van der Waals surface area (Å²) in [6.45, 7) is 0. The number of carbonyl (C=O) groups excluding carboxylic acids is 2. The van der Waals surface area contributed by atoms with Crippen molar-refractivity contribution in [3.63, 3.8) is 0 Å². The second kappa shape index (κ2) is 9.61. The summed E-state index contributed by atoms with van der Waals surface area (Å²) in [4.78, 5) is 22.5. The van der Waals surface area contributed by atoms with Crippen molar-refractivity contribution < 1.29 is 20.4 Å². The Morgan fingerprint density at radius 3 is 2.24 bits per heavy atom. The van der Waals surface area contributed by atoms with Gasteiger partial charge in [-0.3, -0.25) is 4.79 Å². The average Bonchev–Trinajstić information content (AvgIpc) is 2.30. The second-order valence-electron chi connectivity index (χ2n) is 3.64. The third kappa shape index (κ3) is 7.51. The van der Waals surface area contributed by atoms with Crippen molar-refractivity contribution in [3.05, 3.63) is 0 Å². The lowest BCUT2D eigenvalue weighted by atomic mass is 10.2. The average molecular weight is 280 g/mol. The van der Waals surface area contributed by atoms with E-state index in [1.54, 1.807) is 11.8 Å². The van der Waals surface area contributed by atoms with Crippen LogP contribution in [-0.2, 0) is 9.59 Å². The van der Waals surface area contributed by atoms with Crippen LogP contribution in [0.3, 0.4) is 0 Å². The first-order chi connectivity index (χ1) is 8.02. The summed E-state index contributed by atoms with van der Waals surface area (Å²) < 4.78 is 0. The van der Waals surface area contributed by atoms with Gasteiger partial charge in [0.2, 0.25) is 0 Å². The molecule has 0 saturated heterocycles. The molecule has 0 bridgehead atoms. The highest BCUT2D eigenvalue weighted by Crippen LogP contribution is 2.02. The van der Waals surface area contributed by atoms with Gasteiger partial charge in [-0.05, 0) is 30.4 Å². The van der Waals surface area contributed by atoms with Gasteiger partial charge in [0.25, 0.3) is 5.91 Å². The van der Waals surface area contributed by atoms with Crippen LogP contribution in [-0.4, -0.2) is 48.0 Å². The van der Waals surface area contributed by atoms with Crippen LogP contribution in [0.2, 0.25) is 0 Å². The molecule has 7 heteroatoms. The Morgan fingerprint density at radius 2 is 1.76 bits per heavy atom. The minimum absolute atomic E-state index is 0.311. The predicted molar refractivity (Wildman–Crippen MR) is 69.6 cm³/mol. The summed E-state index contributed by atoms with van der Waals surface area (Å²) in [7, 11) is 0. The first-order valence-corrected chi connectivity index (χ1v) is 8.13. The van der Waals surface area contributed by atoms with Gasteiger partial charge in [-0.2, -0.15) is 23.5 Å². The highest BCUT2D eigenvalue weighted by molar-refractivity contribution is 7.98. The lowest BCUT2D eigenvalue weighted by Gasteiger charge is -2.20. The molecule has 5 nitrogen and oxygen atoms in total. The summed E-state index contributed by atoms with van der Waals surface area (Å²) in [6.07, 6.45) is 4.86. The van der Waals surface area contributed by atoms with Crippen molar-refractivity contribution in [1.29, 1.82) is 0 Å². The van der Waals surface area contributed by atoms with Crippen molar-refractivity contribution in [2.45, 2.75) is 24.9 Å².